The molecule has 0 heterocycles. The number of hydrogen-bond donors (Lipinski definition) is 0. The normalized spacial score (nSPS) is 30.5. The van der Waals surface area contributed by atoms with Crippen molar-refractivity contribution in [2.75, 3.05) is 0 Å². The van der Waals surface area contributed by atoms with Crippen molar-refractivity contribution in [2.45, 2.75) is 79.1 Å². The lowest BCUT2D eigenvalue weighted by Gasteiger charge is -2.39. The van der Waals surface area contributed by atoms with E-state index in [1.807, 2.05) is 0 Å². The molecule has 0 spiro atoms. The lowest BCUT2D eigenvalue weighted by molar-refractivity contribution is 0.293. The minimum Gasteiger partial charge on any atom is -0.0840 e. The number of hydrogen-bond acceptors (Lipinski definition) is 0. The van der Waals surface area contributed by atoms with Gasteiger partial charge >= 0.3 is 0 Å². The van der Waals surface area contributed by atoms with E-state index in [1.54, 1.807) is 22.3 Å². The molecule has 0 saturated heterocycles. The van der Waals surface area contributed by atoms with E-state index in [0.717, 1.165) is 11.8 Å². The van der Waals surface area contributed by atoms with Gasteiger partial charge in [-0.2, -0.15) is 0 Å². The van der Waals surface area contributed by atoms with Gasteiger partial charge in [-0.25, -0.2) is 0 Å². The van der Waals surface area contributed by atoms with Crippen LogP contribution in [0.5, 0.6) is 0 Å². The van der Waals surface area contributed by atoms with Crippen molar-refractivity contribution >= 4 is 0 Å². The summed E-state index contributed by atoms with van der Waals surface area (Å²) >= 11 is 0. The van der Waals surface area contributed by atoms with Crippen molar-refractivity contribution < 1.29 is 0 Å². The highest BCUT2D eigenvalue weighted by Crippen LogP contribution is 2.46. The van der Waals surface area contributed by atoms with Crippen molar-refractivity contribution in [3.8, 4) is 0 Å². The molecule has 0 nitrogen and oxygen atoms in total. The zero-order valence-corrected chi connectivity index (χ0v) is 19.6. The quantitative estimate of drug-likeness (QED) is 0.404. The van der Waals surface area contributed by atoms with Crippen molar-refractivity contribution in [2.24, 2.45) is 23.7 Å². The number of rotatable bonds is 5. The molecule has 0 aromatic carbocycles. The second-order valence-electron chi connectivity index (χ2n) is 10.2. The maximum Gasteiger partial charge on any atom is 0.00509 e. The van der Waals surface area contributed by atoms with Crippen LogP contribution in [0.2, 0.25) is 0 Å². The summed E-state index contributed by atoms with van der Waals surface area (Å²) in [4.78, 5) is 0. The van der Waals surface area contributed by atoms with Crippen molar-refractivity contribution in [1.82, 2.24) is 0 Å². The van der Waals surface area contributed by atoms with Crippen LogP contribution >= 0.6 is 0 Å². The molecule has 0 aromatic rings. The van der Waals surface area contributed by atoms with Crippen LogP contribution in [0.3, 0.4) is 0 Å². The highest BCUT2D eigenvalue weighted by atomic mass is 14.4. The van der Waals surface area contributed by atoms with Crippen LogP contribution in [0, 0.1) is 23.7 Å². The summed E-state index contributed by atoms with van der Waals surface area (Å²) < 4.78 is 0. The van der Waals surface area contributed by atoms with Gasteiger partial charge in [-0.3, -0.25) is 0 Å². The zero-order chi connectivity index (χ0) is 21.1. The molecular weight excluding hydrogens is 360 g/mol. The average Bonchev–Trinajstić information content (AvgIpc) is 2.75. The summed E-state index contributed by atoms with van der Waals surface area (Å²) in [6.45, 7) is 9.60. The van der Waals surface area contributed by atoms with E-state index >= 15 is 0 Å². The first-order valence-corrected chi connectivity index (χ1v) is 12.3. The van der Waals surface area contributed by atoms with E-state index < -0.39 is 0 Å². The predicted octanol–water partition coefficient (Wildman–Crippen LogP) is 8.82. The summed E-state index contributed by atoms with van der Waals surface area (Å²) in [6, 6.07) is 0. The topological polar surface area (TPSA) is 0 Å². The Morgan fingerprint density at radius 2 is 1.73 bits per heavy atom. The van der Waals surface area contributed by atoms with Gasteiger partial charge in [-0.1, -0.05) is 95.9 Å². The molecule has 0 heteroatoms. The summed E-state index contributed by atoms with van der Waals surface area (Å²) in [7, 11) is 0. The molecule has 0 aliphatic heterocycles. The molecule has 0 saturated carbocycles. The van der Waals surface area contributed by atoms with Gasteiger partial charge < -0.3 is 0 Å². The van der Waals surface area contributed by atoms with Gasteiger partial charge in [-0.05, 0) is 77.0 Å². The van der Waals surface area contributed by atoms with Crippen LogP contribution in [0.4, 0.5) is 0 Å². The first kappa shape index (κ1) is 21.4. The molecule has 30 heavy (non-hydrogen) atoms. The smallest absolute Gasteiger partial charge is 0.00509 e. The standard InChI is InChI=1S/C30H40/c1-21-11-10-15-26(17-21)30(19-25-13-6-5-7-14-25)27-18-23(3)24(4)29(20-27)28-16-9-8-12-22(28)2/h6,8,11-14,17,20,23-24,29-30H,5,7,9-10,15-16,18-19H2,1-4H3. The lowest BCUT2D eigenvalue weighted by Crippen LogP contribution is -2.28. The molecular formula is C30H40. The van der Waals surface area contributed by atoms with Gasteiger partial charge in [0.25, 0.3) is 0 Å². The van der Waals surface area contributed by atoms with Crippen LogP contribution in [-0.2, 0) is 0 Å². The highest BCUT2D eigenvalue weighted by Gasteiger charge is 2.34. The molecule has 4 atom stereocenters. The molecule has 0 amide bonds. The second-order valence-corrected chi connectivity index (χ2v) is 10.2. The summed E-state index contributed by atoms with van der Waals surface area (Å²) in [5, 5.41) is 0. The van der Waals surface area contributed by atoms with E-state index in [-0.39, 0.29) is 0 Å². The molecule has 0 fully saturated rings. The third-order valence-electron chi connectivity index (χ3n) is 7.99. The Bertz CT molecular complexity index is 864. The molecule has 0 radical (unpaired) electrons. The summed E-state index contributed by atoms with van der Waals surface area (Å²) in [5.41, 5.74) is 9.64. The largest absolute Gasteiger partial charge is 0.0840 e. The van der Waals surface area contributed by atoms with E-state index in [9.17, 15) is 0 Å². The van der Waals surface area contributed by atoms with Gasteiger partial charge in [0.1, 0.15) is 0 Å². The van der Waals surface area contributed by atoms with Gasteiger partial charge in [0.15, 0.2) is 0 Å². The molecule has 4 rings (SSSR count). The van der Waals surface area contributed by atoms with Crippen LogP contribution in [-0.4, -0.2) is 0 Å². The maximum absolute atomic E-state index is 2.73. The SMILES string of the molecule is CC1=CCCC(C(CC2=CCCC=C2)C2=CC(C3=C(C)C=CCC3)C(C)C(C)C2)=C1. The Hall–Kier alpha value is -1.82. The molecule has 0 N–H and O–H groups in total. The summed E-state index contributed by atoms with van der Waals surface area (Å²) in [5.74, 6) is 2.69. The Kier molecular flexibility index (Phi) is 6.81. The fraction of sp³-hybridized carbons (Fsp3) is 0.533. The van der Waals surface area contributed by atoms with Gasteiger partial charge in [0.05, 0.1) is 0 Å². The van der Waals surface area contributed by atoms with Crippen molar-refractivity contribution in [3.05, 3.63) is 82.0 Å². The van der Waals surface area contributed by atoms with Crippen LogP contribution in [0.25, 0.3) is 0 Å². The minimum atomic E-state index is 0.583. The minimum absolute atomic E-state index is 0.583. The molecule has 0 bridgehead atoms. The van der Waals surface area contributed by atoms with E-state index in [2.05, 4.69) is 76.3 Å². The monoisotopic (exact) mass is 400 g/mol. The van der Waals surface area contributed by atoms with Gasteiger partial charge in [0.2, 0.25) is 0 Å². The Morgan fingerprint density at radius 1 is 0.900 bits per heavy atom. The molecule has 4 aliphatic rings. The molecule has 160 valence electrons. The van der Waals surface area contributed by atoms with Crippen molar-refractivity contribution in [1.29, 1.82) is 0 Å². The number of allylic oxidation sites excluding steroid dienone is 14. The third-order valence-corrected chi connectivity index (χ3v) is 7.99. The summed E-state index contributed by atoms with van der Waals surface area (Å²) in [6.07, 6.45) is 29.4. The van der Waals surface area contributed by atoms with Gasteiger partial charge in [0, 0.05) is 11.8 Å². The van der Waals surface area contributed by atoms with E-state index in [4.69, 9.17) is 0 Å². The fourth-order valence-corrected chi connectivity index (χ4v) is 5.99. The van der Waals surface area contributed by atoms with E-state index in [0.29, 0.717) is 11.8 Å². The molecule has 4 unspecified atom stereocenters. The Labute approximate surface area is 184 Å². The van der Waals surface area contributed by atoms with Crippen LogP contribution in [0.15, 0.2) is 82.0 Å². The Balaban J connectivity index is 1.71. The van der Waals surface area contributed by atoms with Gasteiger partial charge in [-0.15, -0.1) is 0 Å². The van der Waals surface area contributed by atoms with Crippen molar-refractivity contribution in [3.63, 3.8) is 0 Å². The average molecular weight is 401 g/mol. The third kappa shape index (κ3) is 4.74. The fourth-order valence-electron chi connectivity index (χ4n) is 5.99. The highest BCUT2D eigenvalue weighted by molar-refractivity contribution is 5.39. The zero-order valence-electron chi connectivity index (χ0n) is 19.6. The predicted molar refractivity (Wildman–Crippen MR) is 131 cm³/mol. The maximum atomic E-state index is 2.73. The second kappa shape index (κ2) is 9.54. The van der Waals surface area contributed by atoms with E-state index in [1.165, 1.54) is 62.5 Å². The van der Waals surface area contributed by atoms with Crippen LogP contribution in [0.1, 0.15) is 79.1 Å². The molecule has 0 aromatic heterocycles. The first-order chi connectivity index (χ1) is 14.5. The van der Waals surface area contributed by atoms with Crippen LogP contribution < -0.4 is 0 Å². The Morgan fingerprint density at radius 3 is 2.47 bits per heavy atom. The molecule has 4 aliphatic carbocycles. The first-order valence-electron chi connectivity index (χ1n) is 12.3. The lowest BCUT2D eigenvalue weighted by atomic mass is 9.66.